The maximum atomic E-state index is 11.8. The van der Waals surface area contributed by atoms with Gasteiger partial charge in [-0.05, 0) is 31.4 Å². The summed E-state index contributed by atoms with van der Waals surface area (Å²) in [6.45, 7) is -0.0268. The lowest BCUT2D eigenvalue weighted by Crippen LogP contribution is -2.56. The van der Waals surface area contributed by atoms with Gasteiger partial charge < -0.3 is 10.4 Å². The zero-order chi connectivity index (χ0) is 14.6. The number of nitrogens with one attached hydrogen (secondary N) is 1. The molecule has 0 atom stereocenters. The molecule has 2 N–H and O–H groups in total. The number of amides is 1. The number of rotatable bonds is 6. The summed E-state index contributed by atoms with van der Waals surface area (Å²) in [5.74, 6) is 0.113. The van der Waals surface area contributed by atoms with Crippen LogP contribution in [0.25, 0.3) is 0 Å². The zero-order valence-corrected chi connectivity index (χ0v) is 11.7. The van der Waals surface area contributed by atoms with Crippen LogP contribution in [0, 0.1) is 10.1 Å². The molecule has 6 nitrogen and oxygen atoms in total. The Hall–Kier alpha value is -1.60. The summed E-state index contributed by atoms with van der Waals surface area (Å²) in [4.78, 5) is 22.7. The highest BCUT2D eigenvalue weighted by atomic mass is 32.2. The Morgan fingerprint density at radius 3 is 2.50 bits per heavy atom. The fourth-order valence-corrected chi connectivity index (χ4v) is 2.77. The Labute approximate surface area is 120 Å². The van der Waals surface area contributed by atoms with E-state index in [0.29, 0.717) is 0 Å². The molecule has 1 amide bonds. The van der Waals surface area contributed by atoms with Gasteiger partial charge in [-0.2, -0.15) is 0 Å². The lowest BCUT2D eigenvalue weighted by molar-refractivity contribution is -0.384. The largest absolute Gasteiger partial charge is 0.394 e. The number of benzene rings is 1. The summed E-state index contributed by atoms with van der Waals surface area (Å²) in [6.07, 6.45) is 2.66. The fourth-order valence-electron chi connectivity index (χ4n) is 2.07. The predicted octanol–water partition coefficient (Wildman–Crippen LogP) is 1.72. The lowest BCUT2D eigenvalue weighted by Gasteiger charge is -2.40. The first-order valence-corrected chi connectivity index (χ1v) is 7.32. The number of nitrogens with zero attached hydrogens (tertiary/aromatic N) is 1. The number of aliphatic hydroxyl groups excluding tert-OH is 1. The molecule has 0 heterocycles. The van der Waals surface area contributed by atoms with Crippen LogP contribution in [0.15, 0.2) is 29.2 Å². The Morgan fingerprint density at radius 2 is 2.05 bits per heavy atom. The monoisotopic (exact) mass is 296 g/mol. The van der Waals surface area contributed by atoms with Crippen molar-refractivity contribution >= 4 is 23.4 Å². The molecule has 0 unspecified atom stereocenters. The third kappa shape index (κ3) is 3.49. The number of non-ortho nitro benzene ring substituents is 1. The van der Waals surface area contributed by atoms with Crippen molar-refractivity contribution < 1.29 is 14.8 Å². The molecule has 0 bridgehead atoms. The minimum absolute atomic E-state index is 0.0268. The van der Waals surface area contributed by atoms with Crippen LogP contribution in [-0.2, 0) is 4.79 Å². The summed E-state index contributed by atoms with van der Waals surface area (Å²) < 4.78 is 0. The lowest BCUT2D eigenvalue weighted by atomic mass is 9.77. The second kappa shape index (κ2) is 6.23. The summed E-state index contributed by atoms with van der Waals surface area (Å²) in [5, 5.41) is 22.6. The molecule has 2 rings (SSSR count). The summed E-state index contributed by atoms with van der Waals surface area (Å²) >= 11 is 1.32. The Morgan fingerprint density at radius 1 is 1.40 bits per heavy atom. The number of hydrogen-bond donors (Lipinski definition) is 2. The smallest absolute Gasteiger partial charge is 0.269 e. The molecule has 1 aliphatic carbocycles. The van der Waals surface area contributed by atoms with E-state index >= 15 is 0 Å². The van der Waals surface area contributed by atoms with Gasteiger partial charge in [0.2, 0.25) is 5.91 Å². The molecular formula is C13H16N2O4S. The van der Waals surface area contributed by atoms with Gasteiger partial charge in [0.05, 0.1) is 22.8 Å². The second-order valence-corrected chi connectivity index (χ2v) is 5.93. The SMILES string of the molecule is O=C(CSc1ccc([N+](=O)[O-])cc1)NC1(CO)CCC1. The molecule has 1 aromatic rings. The van der Waals surface area contributed by atoms with E-state index in [1.807, 2.05) is 0 Å². The van der Waals surface area contributed by atoms with Crippen molar-refractivity contribution in [1.82, 2.24) is 5.32 Å². The third-order valence-electron chi connectivity index (χ3n) is 3.44. The molecule has 7 heteroatoms. The predicted molar refractivity (Wildman–Crippen MR) is 75.6 cm³/mol. The molecular weight excluding hydrogens is 280 g/mol. The molecule has 20 heavy (non-hydrogen) atoms. The average Bonchev–Trinajstić information content (AvgIpc) is 2.41. The van der Waals surface area contributed by atoms with Crippen LogP contribution in [0.1, 0.15) is 19.3 Å². The van der Waals surface area contributed by atoms with E-state index in [9.17, 15) is 20.0 Å². The molecule has 0 saturated heterocycles. The van der Waals surface area contributed by atoms with Crippen molar-refractivity contribution in [3.8, 4) is 0 Å². The van der Waals surface area contributed by atoms with Gasteiger partial charge in [-0.1, -0.05) is 0 Å². The minimum Gasteiger partial charge on any atom is -0.394 e. The normalized spacial score (nSPS) is 16.2. The van der Waals surface area contributed by atoms with Gasteiger partial charge in [-0.3, -0.25) is 14.9 Å². The molecule has 108 valence electrons. The summed E-state index contributed by atoms with van der Waals surface area (Å²) in [6, 6.07) is 6.09. The molecule has 1 fully saturated rings. The number of thioether (sulfide) groups is 1. The second-order valence-electron chi connectivity index (χ2n) is 4.88. The van der Waals surface area contributed by atoms with Crippen LogP contribution < -0.4 is 5.32 Å². The topological polar surface area (TPSA) is 92.5 Å². The van der Waals surface area contributed by atoms with Crippen LogP contribution in [-0.4, -0.2) is 33.8 Å². The van der Waals surface area contributed by atoms with Gasteiger partial charge in [0.25, 0.3) is 5.69 Å². The van der Waals surface area contributed by atoms with E-state index < -0.39 is 10.5 Å². The van der Waals surface area contributed by atoms with Crippen molar-refractivity contribution in [3.63, 3.8) is 0 Å². The molecule has 1 aromatic carbocycles. The van der Waals surface area contributed by atoms with Crippen LogP contribution in [0.2, 0.25) is 0 Å². The number of aliphatic hydroxyl groups is 1. The van der Waals surface area contributed by atoms with Gasteiger partial charge in [0.15, 0.2) is 0 Å². The summed E-state index contributed by atoms with van der Waals surface area (Å²) in [7, 11) is 0. The van der Waals surface area contributed by atoms with Crippen LogP contribution >= 0.6 is 11.8 Å². The molecule has 0 spiro atoms. The van der Waals surface area contributed by atoms with Crippen LogP contribution in [0.3, 0.4) is 0 Å². The standard InChI is InChI=1S/C13H16N2O4S/c16-9-13(6-1-7-13)14-12(17)8-20-11-4-2-10(3-5-11)15(18)19/h2-5,16H,1,6-9H2,(H,14,17). The molecule has 1 saturated carbocycles. The first-order chi connectivity index (χ1) is 9.54. The molecule has 0 aliphatic heterocycles. The van der Waals surface area contributed by atoms with Gasteiger partial charge in [0.1, 0.15) is 0 Å². The third-order valence-corrected chi connectivity index (χ3v) is 4.45. The van der Waals surface area contributed by atoms with Gasteiger partial charge in [-0.15, -0.1) is 11.8 Å². The van der Waals surface area contributed by atoms with Crippen molar-refractivity contribution in [2.45, 2.75) is 29.7 Å². The van der Waals surface area contributed by atoms with E-state index in [1.54, 1.807) is 12.1 Å². The Balaban J connectivity index is 1.82. The Bertz CT molecular complexity index is 494. The zero-order valence-electron chi connectivity index (χ0n) is 10.9. The van der Waals surface area contributed by atoms with E-state index in [1.165, 1.54) is 23.9 Å². The van der Waals surface area contributed by atoms with Crippen molar-refractivity contribution in [3.05, 3.63) is 34.4 Å². The average molecular weight is 296 g/mol. The number of carbonyl (C=O) groups is 1. The first-order valence-electron chi connectivity index (χ1n) is 6.34. The summed E-state index contributed by atoms with van der Waals surface area (Å²) in [5.41, 5.74) is -0.389. The highest BCUT2D eigenvalue weighted by Gasteiger charge is 2.37. The number of nitro benzene ring substituents is 1. The minimum atomic E-state index is -0.456. The van der Waals surface area contributed by atoms with Gasteiger partial charge in [0, 0.05) is 17.0 Å². The van der Waals surface area contributed by atoms with Crippen molar-refractivity contribution in [2.75, 3.05) is 12.4 Å². The molecule has 0 radical (unpaired) electrons. The highest BCUT2D eigenvalue weighted by molar-refractivity contribution is 8.00. The Kier molecular flexibility index (Phi) is 4.61. The first kappa shape index (κ1) is 14.8. The molecule has 1 aliphatic rings. The van der Waals surface area contributed by atoms with E-state index in [0.717, 1.165) is 24.2 Å². The van der Waals surface area contributed by atoms with Crippen molar-refractivity contribution in [2.24, 2.45) is 0 Å². The van der Waals surface area contributed by atoms with E-state index in [-0.39, 0.29) is 24.0 Å². The van der Waals surface area contributed by atoms with E-state index in [2.05, 4.69) is 5.32 Å². The number of carbonyl (C=O) groups excluding carboxylic acids is 1. The molecule has 0 aromatic heterocycles. The van der Waals surface area contributed by atoms with E-state index in [4.69, 9.17) is 0 Å². The van der Waals surface area contributed by atoms with Gasteiger partial charge >= 0.3 is 0 Å². The highest BCUT2D eigenvalue weighted by Crippen LogP contribution is 2.31. The van der Waals surface area contributed by atoms with Crippen LogP contribution in [0.4, 0.5) is 5.69 Å². The maximum Gasteiger partial charge on any atom is 0.269 e. The van der Waals surface area contributed by atoms with Crippen LogP contribution in [0.5, 0.6) is 0 Å². The quantitative estimate of drug-likeness (QED) is 0.473. The number of nitro groups is 1. The maximum absolute atomic E-state index is 11.8. The van der Waals surface area contributed by atoms with Crippen molar-refractivity contribution in [1.29, 1.82) is 0 Å². The van der Waals surface area contributed by atoms with Gasteiger partial charge in [-0.25, -0.2) is 0 Å². The number of hydrogen-bond acceptors (Lipinski definition) is 5. The fraction of sp³-hybridized carbons (Fsp3) is 0.462.